The normalized spacial score (nSPS) is 18.0. The number of furan rings is 2. The molecule has 2 aromatic heterocycles. The zero-order chi connectivity index (χ0) is 47.5. The van der Waals surface area contributed by atoms with E-state index >= 15 is 0 Å². The molecule has 0 saturated heterocycles. The van der Waals surface area contributed by atoms with E-state index in [2.05, 4.69) is 182 Å². The van der Waals surface area contributed by atoms with Gasteiger partial charge in [0.2, 0.25) is 0 Å². The Labute approximate surface area is 405 Å². The molecule has 2 heterocycles. The van der Waals surface area contributed by atoms with E-state index in [4.69, 9.17) is 8.83 Å². The maximum atomic E-state index is 6.58. The Balaban J connectivity index is 1.08. The van der Waals surface area contributed by atoms with Crippen LogP contribution >= 0.6 is 0 Å². The summed E-state index contributed by atoms with van der Waals surface area (Å²) in [5, 5.41) is 0. The van der Waals surface area contributed by atoms with Crippen LogP contribution in [0.3, 0.4) is 0 Å². The van der Waals surface area contributed by atoms with E-state index in [9.17, 15) is 0 Å². The van der Waals surface area contributed by atoms with Crippen molar-refractivity contribution in [3.8, 4) is 22.3 Å². The first kappa shape index (κ1) is 45.9. The molecule has 0 bridgehead atoms. The van der Waals surface area contributed by atoms with E-state index < -0.39 is 0 Å². The highest BCUT2D eigenvalue weighted by Crippen LogP contribution is 2.54. The molecule has 3 heteroatoms. The van der Waals surface area contributed by atoms with Crippen LogP contribution in [0.4, 0.5) is 0 Å². The molecular weight excluding hydrogens is 829 g/mol. The highest BCUT2D eigenvalue weighted by molar-refractivity contribution is 6.37. The minimum Gasteiger partial charge on any atom is -0.462 e. The minimum atomic E-state index is 0.0423. The Kier molecular flexibility index (Phi) is 11.2. The third-order valence-corrected chi connectivity index (χ3v) is 17.1. The molecule has 346 valence electrons. The topological polar surface area (TPSA) is 26.3 Å². The van der Waals surface area contributed by atoms with Gasteiger partial charge in [-0.2, -0.15) is 0 Å². The number of fused-ring (bicyclic) bond motifs is 4. The summed E-state index contributed by atoms with van der Waals surface area (Å²) in [6.07, 6.45) is 12.1. The summed E-state index contributed by atoms with van der Waals surface area (Å²) in [6.45, 7) is 32.6. The molecular formula is C64H74O2Si. The second-order valence-corrected chi connectivity index (χ2v) is 26.2. The van der Waals surface area contributed by atoms with Crippen molar-refractivity contribution in [2.75, 3.05) is 0 Å². The molecule has 0 aliphatic heterocycles. The maximum absolute atomic E-state index is 6.58. The van der Waals surface area contributed by atoms with Crippen molar-refractivity contribution >= 4 is 32.8 Å². The number of rotatable bonds is 8. The van der Waals surface area contributed by atoms with Crippen LogP contribution in [0.5, 0.6) is 0 Å². The molecule has 67 heavy (non-hydrogen) atoms. The molecule has 2 atom stereocenters. The number of aryl methyl sites for hydroxylation is 4. The van der Waals surface area contributed by atoms with Gasteiger partial charge in [-0.25, -0.2) is 0 Å². The van der Waals surface area contributed by atoms with Crippen LogP contribution in [0.25, 0.3) is 45.6 Å². The van der Waals surface area contributed by atoms with Crippen LogP contribution in [-0.2, 0) is 47.3 Å². The zero-order valence-corrected chi connectivity index (χ0v) is 44.2. The molecule has 4 aliphatic carbocycles. The monoisotopic (exact) mass is 903 g/mol. The first-order valence-electron chi connectivity index (χ1n) is 25.5. The molecule has 0 amide bonds. The van der Waals surface area contributed by atoms with Gasteiger partial charge >= 0.3 is 0 Å². The smallest absolute Gasteiger partial charge is 0.130 e. The van der Waals surface area contributed by atoms with Crippen LogP contribution < -0.4 is 0 Å². The van der Waals surface area contributed by atoms with Gasteiger partial charge in [0.05, 0.1) is 0 Å². The Hall–Kier alpha value is -4.86. The van der Waals surface area contributed by atoms with E-state index in [1.807, 2.05) is 0 Å². The Morgan fingerprint density at radius 1 is 0.463 bits per heavy atom. The lowest BCUT2D eigenvalue weighted by atomic mass is 9.77. The predicted octanol–water partition coefficient (Wildman–Crippen LogP) is 17.5. The van der Waals surface area contributed by atoms with E-state index in [1.165, 1.54) is 90.7 Å². The van der Waals surface area contributed by atoms with Crippen LogP contribution in [0, 0.1) is 13.8 Å². The maximum Gasteiger partial charge on any atom is 0.130 e. The van der Waals surface area contributed by atoms with Crippen molar-refractivity contribution in [2.45, 2.75) is 181 Å². The average Bonchev–Trinajstić information content (AvgIpc) is 4.12. The van der Waals surface area contributed by atoms with Crippen molar-refractivity contribution in [3.05, 3.63) is 163 Å². The molecule has 0 spiro atoms. The molecule has 4 aliphatic rings. The fourth-order valence-electron chi connectivity index (χ4n) is 11.7. The summed E-state index contributed by atoms with van der Waals surface area (Å²) in [6, 6.07) is 31.2. The first-order chi connectivity index (χ1) is 31.5. The summed E-state index contributed by atoms with van der Waals surface area (Å²) >= 11 is 0. The van der Waals surface area contributed by atoms with Crippen molar-refractivity contribution in [1.29, 1.82) is 0 Å². The lowest BCUT2D eigenvalue weighted by Crippen LogP contribution is -2.16. The number of hydrogen-bond donors (Lipinski definition) is 0. The Bertz CT molecular complexity index is 2730. The van der Waals surface area contributed by atoms with E-state index in [0.717, 1.165) is 70.3 Å². The Morgan fingerprint density at radius 2 is 0.821 bits per heavy atom. The molecule has 0 saturated carbocycles. The summed E-state index contributed by atoms with van der Waals surface area (Å²) < 4.78 is 13.2. The van der Waals surface area contributed by atoms with Crippen molar-refractivity contribution in [3.63, 3.8) is 0 Å². The molecule has 2 nitrogen and oxygen atoms in total. The van der Waals surface area contributed by atoms with Crippen LogP contribution in [-0.4, -0.2) is 9.52 Å². The Morgan fingerprint density at radius 3 is 1.13 bits per heavy atom. The van der Waals surface area contributed by atoms with Crippen molar-refractivity contribution in [1.82, 2.24) is 0 Å². The van der Waals surface area contributed by atoms with Crippen molar-refractivity contribution in [2.24, 2.45) is 0 Å². The van der Waals surface area contributed by atoms with Gasteiger partial charge in [-0.1, -0.05) is 132 Å². The number of benzene rings is 4. The van der Waals surface area contributed by atoms with E-state index in [-0.39, 0.29) is 33.5 Å². The molecule has 10 rings (SSSR count). The third-order valence-electron chi connectivity index (χ3n) is 15.7. The molecule has 2 radical (unpaired) electrons. The minimum absolute atomic E-state index is 0.0423. The molecule has 6 aromatic rings. The van der Waals surface area contributed by atoms with Gasteiger partial charge in [0, 0.05) is 32.5 Å². The number of allylic oxidation sites excluding steroid dienone is 2. The van der Waals surface area contributed by atoms with Gasteiger partial charge < -0.3 is 8.83 Å². The number of hydrogen-bond acceptors (Lipinski definition) is 2. The van der Waals surface area contributed by atoms with Gasteiger partial charge in [-0.3, -0.25) is 0 Å². The average molecular weight is 903 g/mol. The third kappa shape index (κ3) is 8.44. The van der Waals surface area contributed by atoms with E-state index in [0.29, 0.717) is 0 Å². The fraction of sp³-hybridized carbons (Fsp3) is 0.438. The SMILES string of the molecule is Cc1ccc(C2=Cc3c(cc4c(c3-c3cc(C(C)(C)C)cc(C(C)(C)C)c3)CCC4)C2C[Si]CC2C(c3ccc(C)o3)=Cc3c2cc2c(c3-c3cc(C(C)(C)C)cc(C(C)(C)C)c3)CCC2)o1. The van der Waals surface area contributed by atoms with E-state index in [1.54, 1.807) is 22.3 Å². The summed E-state index contributed by atoms with van der Waals surface area (Å²) in [5.41, 5.74) is 26.4. The highest BCUT2D eigenvalue weighted by atomic mass is 28.2. The summed E-state index contributed by atoms with van der Waals surface area (Å²) in [5.74, 6) is 4.53. The fourth-order valence-corrected chi connectivity index (χ4v) is 13.3. The standard InChI is InChI=1S/C64H74O2Si/c1-37-21-23-57(65-37)51-33-53-49(29-39-17-15-19-47(39)59(53)41-25-43(61(3,4)5)31-44(26-41)62(6,7)8)55(51)35-67-36-56-50-30-40-18-16-20-48(40)60(54(50)34-52(56)58-24-22-38(2)66-58)42-27-45(63(9,10)11)32-46(28-42)64(12,13)14/h21-34,55-56H,15-20,35-36H2,1-14H3. The largest absolute Gasteiger partial charge is 0.462 e. The van der Waals surface area contributed by atoms with Gasteiger partial charge in [0.15, 0.2) is 0 Å². The summed E-state index contributed by atoms with van der Waals surface area (Å²) in [7, 11) is 0.743. The molecule has 2 unspecified atom stereocenters. The van der Waals surface area contributed by atoms with Gasteiger partial charge in [-0.15, -0.1) is 0 Å². The second kappa shape index (κ2) is 16.4. The zero-order valence-electron chi connectivity index (χ0n) is 43.2. The lowest BCUT2D eigenvalue weighted by molar-refractivity contribution is 0.518. The van der Waals surface area contributed by atoms with Gasteiger partial charge in [0.1, 0.15) is 23.0 Å². The molecule has 4 aromatic carbocycles. The quantitative estimate of drug-likeness (QED) is 0.142. The lowest BCUT2D eigenvalue weighted by Gasteiger charge is -2.27. The highest BCUT2D eigenvalue weighted by Gasteiger charge is 2.37. The van der Waals surface area contributed by atoms with Crippen molar-refractivity contribution < 1.29 is 8.83 Å². The molecule has 0 fully saturated rings. The van der Waals surface area contributed by atoms with Crippen LogP contribution in [0.2, 0.25) is 12.1 Å². The predicted molar refractivity (Wildman–Crippen MR) is 286 cm³/mol. The second-order valence-electron chi connectivity index (χ2n) is 24.9. The van der Waals surface area contributed by atoms with Crippen LogP contribution in [0.15, 0.2) is 81.6 Å². The van der Waals surface area contributed by atoms with Gasteiger partial charge in [-0.05, 0) is 212 Å². The first-order valence-corrected chi connectivity index (χ1v) is 26.9. The summed E-state index contributed by atoms with van der Waals surface area (Å²) in [4.78, 5) is 0. The molecule has 0 N–H and O–H groups in total. The van der Waals surface area contributed by atoms with Gasteiger partial charge in [0.25, 0.3) is 0 Å². The van der Waals surface area contributed by atoms with Crippen LogP contribution in [0.1, 0.15) is 198 Å².